The van der Waals surface area contributed by atoms with E-state index in [1.165, 1.54) is 64.9 Å². The average Bonchev–Trinajstić information content (AvgIpc) is 2.79. The van der Waals surface area contributed by atoms with E-state index >= 15 is 0 Å². The Morgan fingerprint density at radius 2 is 1.25 bits per heavy atom. The Balaban J connectivity index is 1.74. The van der Waals surface area contributed by atoms with Crippen LogP contribution in [-0.2, 0) is 16.2 Å². The van der Waals surface area contributed by atoms with Crippen LogP contribution in [0.4, 0.5) is 17.1 Å². The lowest BCUT2D eigenvalue weighted by Gasteiger charge is -2.42. The van der Waals surface area contributed by atoms with Crippen molar-refractivity contribution in [3.05, 3.63) is 87.4 Å². The second-order valence-corrected chi connectivity index (χ2v) is 13.9. The Morgan fingerprint density at radius 1 is 0.667 bits per heavy atom. The summed E-state index contributed by atoms with van der Waals surface area (Å²) >= 11 is 6.62. The summed E-state index contributed by atoms with van der Waals surface area (Å²) in [6.45, 7) is 18.9. The van der Waals surface area contributed by atoms with Crippen LogP contribution in [0.3, 0.4) is 0 Å². The van der Waals surface area contributed by atoms with Gasteiger partial charge in [-0.25, -0.2) is 0 Å². The fourth-order valence-electron chi connectivity index (χ4n) is 6.58. The molecule has 3 aromatic carbocycles. The van der Waals surface area contributed by atoms with Crippen molar-refractivity contribution in [3.8, 4) is 0 Å². The van der Waals surface area contributed by atoms with Crippen molar-refractivity contribution in [3.63, 3.8) is 0 Å². The Labute approximate surface area is 223 Å². The van der Waals surface area contributed by atoms with E-state index in [1.54, 1.807) is 0 Å². The number of hydrogen-bond donors (Lipinski definition) is 0. The third kappa shape index (κ3) is 4.38. The second-order valence-electron chi connectivity index (χ2n) is 13.4. The van der Waals surface area contributed by atoms with Gasteiger partial charge in [-0.3, -0.25) is 0 Å². The molecule has 2 aliphatic rings. The molecule has 5 rings (SSSR count). The Hall–Kier alpha value is -2.25. The summed E-state index contributed by atoms with van der Waals surface area (Å²) in [7, 11) is 0. The molecular weight excluding hydrogens is 458 g/mol. The Bertz CT molecular complexity index is 1290. The van der Waals surface area contributed by atoms with Crippen molar-refractivity contribution >= 4 is 28.7 Å². The maximum atomic E-state index is 6.62. The van der Waals surface area contributed by atoms with Gasteiger partial charge in [0.05, 0.1) is 0 Å². The Kier molecular flexibility index (Phi) is 6.11. The number of halogens is 1. The molecule has 1 nitrogen and oxygen atoms in total. The topological polar surface area (TPSA) is 3.24 Å². The zero-order valence-corrected chi connectivity index (χ0v) is 24.2. The van der Waals surface area contributed by atoms with E-state index in [9.17, 15) is 0 Å². The summed E-state index contributed by atoms with van der Waals surface area (Å²) in [4.78, 5) is 2.42. The molecule has 0 spiro atoms. The van der Waals surface area contributed by atoms with E-state index in [2.05, 4.69) is 109 Å². The summed E-state index contributed by atoms with van der Waals surface area (Å²) in [5, 5.41) is 0.779. The normalized spacial score (nSPS) is 21.4. The van der Waals surface area contributed by atoms with E-state index in [0.29, 0.717) is 5.92 Å². The van der Waals surface area contributed by atoms with Crippen LogP contribution < -0.4 is 4.90 Å². The molecule has 2 aliphatic carbocycles. The van der Waals surface area contributed by atoms with Crippen LogP contribution in [0.15, 0.2) is 54.6 Å². The number of nitrogens with zero attached hydrogens (tertiary/aromatic N) is 1. The average molecular weight is 500 g/mol. The van der Waals surface area contributed by atoms with Crippen LogP contribution in [0.5, 0.6) is 0 Å². The molecule has 1 unspecified atom stereocenters. The van der Waals surface area contributed by atoms with Crippen molar-refractivity contribution in [1.82, 2.24) is 0 Å². The van der Waals surface area contributed by atoms with E-state index < -0.39 is 0 Å². The SMILES string of the molecule is Cc1cc(Cl)cc(N(c2ccc3c(c2)C(C)(C)CCC3C)c2ccc3c(c2)C(C)(C)CCC3(C)C)c1. The minimum atomic E-state index is 0.157. The van der Waals surface area contributed by atoms with Crippen molar-refractivity contribution in [2.45, 2.75) is 103 Å². The molecule has 0 radical (unpaired) electrons. The largest absolute Gasteiger partial charge is 0.310 e. The molecule has 0 N–H and O–H groups in total. The molecule has 0 aliphatic heterocycles. The monoisotopic (exact) mass is 499 g/mol. The van der Waals surface area contributed by atoms with Crippen LogP contribution in [0.2, 0.25) is 5.02 Å². The van der Waals surface area contributed by atoms with Crippen molar-refractivity contribution < 1.29 is 0 Å². The lowest BCUT2D eigenvalue weighted by Crippen LogP contribution is -2.34. The number of fused-ring (bicyclic) bond motifs is 2. The minimum Gasteiger partial charge on any atom is -0.310 e. The Morgan fingerprint density at radius 3 is 1.92 bits per heavy atom. The van der Waals surface area contributed by atoms with Gasteiger partial charge in [-0.2, -0.15) is 0 Å². The highest BCUT2D eigenvalue weighted by Crippen LogP contribution is 2.49. The van der Waals surface area contributed by atoms with Crippen LogP contribution in [0.1, 0.15) is 108 Å². The number of benzene rings is 3. The molecule has 1 atom stereocenters. The molecule has 0 saturated heterocycles. The summed E-state index contributed by atoms with van der Waals surface area (Å²) in [6.07, 6.45) is 4.91. The van der Waals surface area contributed by atoms with E-state index in [4.69, 9.17) is 11.6 Å². The summed E-state index contributed by atoms with van der Waals surface area (Å²) in [5.41, 5.74) is 11.2. The summed E-state index contributed by atoms with van der Waals surface area (Å²) < 4.78 is 0. The van der Waals surface area contributed by atoms with Crippen molar-refractivity contribution in [2.75, 3.05) is 4.90 Å². The number of anilines is 3. The first-order valence-corrected chi connectivity index (χ1v) is 14.0. The van der Waals surface area contributed by atoms with Crippen LogP contribution in [0.25, 0.3) is 0 Å². The van der Waals surface area contributed by atoms with E-state index in [-0.39, 0.29) is 16.2 Å². The predicted octanol–water partition coefficient (Wildman–Crippen LogP) is 10.6. The summed E-state index contributed by atoms with van der Waals surface area (Å²) in [5.74, 6) is 0.607. The quantitative estimate of drug-likeness (QED) is 0.346. The van der Waals surface area contributed by atoms with Gasteiger partial charge in [-0.05, 0) is 125 Å². The second kappa shape index (κ2) is 8.66. The fraction of sp³-hybridized carbons (Fsp3) is 0.471. The zero-order valence-electron chi connectivity index (χ0n) is 23.4. The molecule has 0 bridgehead atoms. The lowest BCUT2D eigenvalue weighted by molar-refractivity contribution is 0.332. The van der Waals surface area contributed by atoms with Gasteiger partial charge in [0.25, 0.3) is 0 Å². The van der Waals surface area contributed by atoms with Crippen LogP contribution in [0, 0.1) is 6.92 Å². The van der Waals surface area contributed by atoms with Gasteiger partial charge < -0.3 is 4.90 Å². The van der Waals surface area contributed by atoms with Crippen LogP contribution >= 0.6 is 11.6 Å². The fourth-order valence-corrected chi connectivity index (χ4v) is 6.86. The zero-order chi connectivity index (χ0) is 26.0. The van der Waals surface area contributed by atoms with Gasteiger partial charge >= 0.3 is 0 Å². The molecule has 190 valence electrons. The van der Waals surface area contributed by atoms with Gasteiger partial charge in [-0.15, -0.1) is 0 Å². The number of rotatable bonds is 3. The highest BCUT2D eigenvalue weighted by atomic mass is 35.5. The first-order chi connectivity index (χ1) is 16.8. The van der Waals surface area contributed by atoms with Gasteiger partial charge in [0.15, 0.2) is 0 Å². The maximum Gasteiger partial charge on any atom is 0.0479 e. The molecule has 0 amide bonds. The highest BCUT2D eigenvalue weighted by molar-refractivity contribution is 6.31. The lowest BCUT2D eigenvalue weighted by atomic mass is 9.63. The number of hydrogen-bond acceptors (Lipinski definition) is 1. The molecule has 3 aromatic rings. The highest BCUT2D eigenvalue weighted by Gasteiger charge is 2.37. The smallest absolute Gasteiger partial charge is 0.0479 e. The third-order valence-corrected chi connectivity index (χ3v) is 9.36. The first-order valence-electron chi connectivity index (χ1n) is 13.7. The van der Waals surface area contributed by atoms with Gasteiger partial charge in [0, 0.05) is 22.1 Å². The predicted molar refractivity (Wildman–Crippen MR) is 157 cm³/mol. The maximum absolute atomic E-state index is 6.62. The van der Waals surface area contributed by atoms with Gasteiger partial charge in [0.1, 0.15) is 0 Å². The minimum absolute atomic E-state index is 0.157. The first kappa shape index (κ1) is 25.4. The third-order valence-electron chi connectivity index (χ3n) is 9.14. The van der Waals surface area contributed by atoms with E-state index in [1.807, 2.05) is 6.07 Å². The molecular formula is C34H42ClN. The molecule has 2 heteroatoms. The van der Waals surface area contributed by atoms with Crippen molar-refractivity contribution in [1.29, 1.82) is 0 Å². The molecule has 0 heterocycles. The molecule has 0 aromatic heterocycles. The van der Waals surface area contributed by atoms with Crippen LogP contribution in [-0.4, -0.2) is 0 Å². The molecule has 36 heavy (non-hydrogen) atoms. The number of aryl methyl sites for hydroxylation is 1. The molecule has 0 fully saturated rings. The van der Waals surface area contributed by atoms with Gasteiger partial charge in [-0.1, -0.05) is 72.2 Å². The molecule has 0 saturated carbocycles. The standard InChI is InChI=1S/C34H42ClN/c1-22-17-24(35)19-27(18-22)36(25-9-11-28-23(2)13-14-32(3,4)30(28)20-25)26-10-12-29-31(21-26)34(7,8)16-15-33(29,5)6/h9-12,17-21,23H,13-16H2,1-8H3. The summed E-state index contributed by atoms with van der Waals surface area (Å²) in [6, 6.07) is 20.7. The van der Waals surface area contributed by atoms with Gasteiger partial charge in [0.2, 0.25) is 0 Å². The van der Waals surface area contributed by atoms with Crippen molar-refractivity contribution in [2.24, 2.45) is 0 Å². The van der Waals surface area contributed by atoms with E-state index in [0.717, 1.165) is 10.7 Å².